The molecule has 0 atom stereocenters. The topological polar surface area (TPSA) is 76.1 Å². The van der Waals surface area contributed by atoms with E-state index in [-0.39, 0.29) is 5.91 Å². The molecular formula is C22H25ClN2O2. The molecule has 0 aromatic heterocycles. The summed E-state index contributed by atoms with van der Waals surface area (Å²) < 4.78 is 5.84. The van der Waals surface area contributed by atoms with Crippen LogP contribution in [0.5, 0.6) is 5.75 Å². The number of nitrogens with two attached hydrogens (primary N) is 1. The van der Waals surface area contributed by atoms with Crippen molar-refractivity contribution in [2.24, 2.45) is 5.73 Å². The second-order valence-corrected chi connectivity index (χ2v) is 6.95. The third kappa shape index (κ3) is 6.62. The van der Waals surface area contributed by atoms with E-state index in [9.17, 15) is 4.79 Å². The molecule has 0 heterocycles. The van der Waals surface area contributed by atoms with E-state index in [0.717, 1.165) is 25.0 Å². The summed E-state index contributed by atoms with van der Waals surface area (Å²) in [4.78, 5) is 10.6. The molecule has 142 valence electrons. The van der Waals surface area contributed by atoms with Gasteiger partial charge in [-0.3, -0.25) is 4.79 Å². The lowest BCUT2D eigenvalue weighted by molar-refractivity contribution is 0.100. The Balaban J connectivity index is 0.000000208. The number of amides is 1. The number of rotatable bonds is 4. The van der Waals surface area contributed by atoms with E-state index < -0.39 is 0 Å². The van der Waals surface area contributed by atoms with Crippen molar-refractivity contribution >= 4 is 17.5 Å². The highest BCUT2D eigenvalue weighted by Gasteiger charge is 2.15. The van der Waals surface area contributed by atoms with Gasteiger partial charge in [0.2, 0.25) is 5.91 Å². The number of hydrogen-bond acceptors (Lipinski definition) is 3. The van der Waals surface area contributed by atoms with Crippen molar-refractivity contribution in [2.45, 2.75) is 51.6 Å². The third-order valence-corrected chi connectivity index (χ3v) is 4.88. The number of aryl methyl sites for hydroxylation is 1. The predicted molar refractivity (Wildman–Crippen MR) is 108 cm³/mol. The maximum Gasteiger partial charge on any atom is 0.248 e. The van der Waals surface area contributed by atoms with E-state index in [1.807, 2.05) is 24.3 Å². The molecule has 0 bridgehead atoms. The van der Waals surface area contributed by atoms with Crippen molar-refractivity contribution in [3.05, 3.63) is 64.2 Å². The molecular weight excluding hydrogens is 360 g/mol. The lowest BCUT2D eigenvalue weighted by atomic mass is 9.98. The first-order valence-electron chi connectivity index (χ1n) is 9.28. The first-order chi connectivity index (χ1) is 13.0. The van der Waals surface area contributed by atoms with Crippen LogP contribution in [-0.4, -0.2) is 12.0 Å². The molecule has 1 amide bonds. The maximum atomic E-state index is 10.6. The van der Waals surface area contributed by atoms with Crippen molar-refractivity contribution in [2.75, 3.05) is 0 Å². The Kier molecular flexibility index (Phi) is 8.16. The van der Waals surface area contributed by atoms with Crippen molar-refractivity contribution in [3.8, 4) is 11.8 Å². The second-order valence-electron chi connectivity index (χ2n) is 6.55. The first kappa shape index (κ1) is 20.8. The van der Waals surface area contributed by atoms with E-state index in [1.165, 1.54) is 24.8 Å². The van der Waals surface area contributed by atoms with Gasteiger partial charge in [0.15, 0.2) is 0 Å². The van der Waals surface area contributed by atoms with Crippen molar-refractivity contribution in [1.82, 2.24) is 0 Å². The van der Waals surface area contributed by atoms with Gasteiger partial charge < -0.3 is 10.5 Å². The first-order valence-corrected chi connectivity index (χ1v) is 9.66. The van der Waals surface area contributed by atoms with E-state index in [4.69, 9.17) is 27.3 Å². The van der Waals surface area contributed by atoms with E-state index in [0.29, 0.717) is 22.3 Å². The van der Waals surface area contributed by atoms with Crippen LogP contribution in [0.1, 0.15) is 60.5 Å². The van der Waals surface area contributed by atoms with Gasteiger partial charge in [-0.1, -0.05) is 37.1 Å². The number of nitrogens with zero attached hydrogens (tertiary/aromatic N) is 1. The van der Waals surface area contributed by atoms with Crippen molar-refractivity contribution < 1.29 is 9.53 Å². The molecule has 1 aliphatic rings. The van der Waals surface area contributed by atoms with Gasteiger partial charge in [-0.2, -0.15) is 5.26 Å². The van der Waals surface area contributed by atoms with Gasteiger partial charge in [0.05, 0.1) is 16.7 Å². The van der Waals surface area contributed by atoms with Gasteiger partial charge in [-0.25, -0.2) is 0 Å². The monoisotopic (exact) mass is 384 g/mol. The summed E-state index contributed by atoms with van der Waals surface area (Å²) in [6.45, 7) is 2.07. The maximum absolute atomic E-state index is 10.6. The summed E-state index contributed by atoms with van der Waals surface area (Å²) in [6, 6.07) is 14.6. The van der Waals surface area contributed by atoms with Gasteiger partial charge in [-0.15, -0.1) is 0 Å². The Labute approximate surface area is 165 Å². The summed E-state index contributed by atoms with van der Waals surface area (Å²) in [5.74, 6) is 0.406. The molecule has 3 rings (SSSR count). The van der Waals surface area contributed by atoms with Crippen LogP contribution < -0.4 is 10.5 Å². The molecule has 2 aromatic rings. The zero-order chi connectivity index (χ0) is 19.6. The standard InChI is InChI=1S/C13H14ClNO.C9H11NO/c14-13-8-12(7-6-10(13)9-15)16-11-4-2-1-3-5-11;1-2-7-3-5-8(6-4-7)9(10)11/h6-8,11H,1-5H2;3-6H,2H2,1H3,(H2,10,11). The molecule has 4 nitrogen and oxygen atoms in total. The van der Waals surface area contributed by atoms with Crippen LogP contribution in [0, 0.1) is 11.3 Å². The van der Waals surface area contributed by atoms with Crippen LogP contribution in [-0.2, 0) is 6.42 Å². The summed E-state index contributed by atoms with van der Waals surface area (Å²) in [5.41, 5.74) is 7.35. The summed E-state index contributed by atoms with van der Waals surface area (Å²) in [6.07, 6.45) is 7.35. The van der Waals surface area contributed by atoms with Gasteiger partial charge in [0.1, 0.15) is 11.8 Å². The molecule has 2 N–H and O–H groups in total. The Morgan fingerprint density at radius 1 is 1.19 bits per heavy atom. The number of carbonyl (C=O) groups excluding carboxylic acids is 1. The molecule has 1 saturated carbocycles. The Bertz CT molecular complexity index is 791. The molecule has 2 aromatic carbocycles. The fraction of sp³-hybridized carbons (Fsp3) is 0.364. The summed E-state index contributed by atoms with van der Waals surface area (Å²) in [7, 11) is 0. The Hall–Kier alpha value is -2.51. The largest absolute Gasteiger partial charge is 0.490 e. The van der Waals surface area contributed by atoms with Crippen molar-refractivity contribution in [1.29, 1.82) is 5.26 Å². The quantitative estimate of drug-likeness (QED) is 0.779. The number of nitriles is 1. The van der Waals surface area contributed by atoms with Gasteiger partial charge in [0, 0.05) is 11.6 Å². The third-order valence-electron chi connectivity index (χ3n) is 4.56. The molecule has 1 fully saturated rings. The van der Waals surface area contributed by atoms with Gasteiger partial charge >= 0.3 is 0 Å². The van der Waals surface area contributed by atoms with Crippen LogP contribution in [0.15, 0.2) is 42.5 Å². The van der Waals surface area contributed by atoms with Crippen molar-refractivity contribution in [3.63, 3.8) is 0 Å². The minimum Gasteiger partial charge on any atom is -0.490 e. The SMILES string of the molecule is CCc1ccc(C(N)=O)cc1.N#Cc1ccc(OC2CCCCC2)cc1Cl. The molecule has 1 aliphatic carbocycles. The lowest BCUT2D eigenvalue weighted by Crippen LogP contribution is -2.19. The normalized spacial score (nSPS) is 13.8. The van der Waals surface area contributed by atoms with Crippen LogP contribution in [0.2, 0.25) is 5.02 Å². The highest BCUT2D eigenvalue weighted by molar-refractivity contribution is 6.31. The summed E-state index contributed by atoms with van der Waals surface area (Å²) >= 11 is 5.94. The van der Waals surface area contributed by atoms with E-state index >= 15 is 0 Å². The molecule has 0 aliphatic heterocycles. The number of benzene rings is 2. The fourth-order valence-electron chi connectivity index (χ4n) is 2.94. The number of hydrogen-bond donors (Lipinski definition) is 1. The zero-order valence-corrected chi connectivity index (χ0v) is 16.3. The lowest BCUT2D eigenvalue weighted by Gasteiger charge is -2.23. The van der Waals surface area contributed by atoms with Crippen LogP contribution in [0.4, 0.5) is 0 Å². The average molecular weight is 385 g/mol. The van der Waals surface area contributed by atoms with Gasteiger partial charge in [-0.05, 0) is 61.9 Å². The second kappa shape index (κ2) is 10.6. The van der Waals surface area contributed by atoms with Crippen LogP contribution >= 0.6 is 11.6 Å². The zero-order valence-electron chi connectivity index (χ0n) is 15.6. The number of halogens is 1. The average Bonchev–Trinajstić information content (AvgIpc) is 2.69. The highest BCUT2D eigenvalue weighted by atomic mass is 35.5. The molecule has 0 unspecified atom stereocenters. The van der Waals surface area contributed by atoms with E-state index in [1.54, 1.807) is 24.3 Å². The minimum absolute atomic E-state index is 0.317. The molecule has 0 radical (unpaired) electrons. The molecule has 0 spiro atoms. The molecule has 27 heavy (non-hydrogen) atoms. The fourth-order valence-corrected chi connectivity index (χ4v) is 3.15. The number of carbonyl (C=O) groups is 1. The Morgan fingerprint density at radius 2 is 1.85 bits per heavy atom. The highest BCUT2D eigenvalue weighted by Crippen LogP contribution is 2.26. The Morgan fingerprint density at radius 3 is 2.37 bits per heavy atom. The minimum atomic E-state index is -0.368. The molecule has 5 heteroatoms. The van der Waals surface area contributed by atoms with E-state index in [2.05, 4.69) is 6.92 Å². The molecule has 0 saturated heterocycles. The summed E-state index contributed by atoms with van der Waals surface area (Å²) in [5, 5.41) is 9.22. The van der Waals surface area contributed by atoms with Gasteiger partial charge in [0.25, 0.3) is 0 Å². The number of primary amides is 1. The smallest absolute Gasteiger partial charge is 0.248 e. The van der Waals surface area contributed by atoms with Crippen LogP contribution in [0.25, 0.3) is 0 Å². The number of ether oxygens (including phenoxy) is 1. The predicted octanol–water partition coefficient (Wildman–Crippen LogP) is 5.27. The van der Waals surface area contributed by atoms with Crippen LogP contribution in [0.3, 0.4) is 0 Å².